The standard InChI is InChI=1S/C14H13FN4O2/c15-9-2-3-12-10(6-9)11(14(21)18-12)7-16-13(20)8-19-5-1-4-17-19/h1-6,11H,7-8H2,(H,16,20)(H,18,21)/t11-/m1/s1. The van der Waals surface area contributed by atoms with Crippen LogP contribution in [0.4, 0.5) is 10.1 Å². The molecule has 2 aromatic rings. The van der Waals surface area contributed by atoms with E-state index in [1.54, 1.807) is 18.5 Å². The van der Waals surface area contributed by atoms with Crippen molar-refractivity contribution < 1.29 is 14.0 Å². The highest BCUT2D eigenvalue weighted by molar-refractivity contribution is 6.03. The van der Waals surface area contributed by atoms with E-state index in [0.717, 1.165) is 0 Å². The lowest BCUT2D eigenvalue weighted by Gasteiger charge is -2.10. The van der Waals surface area contributed by atoms with Gasteiger partial charge in [0.1, 0.15) is 12.4 Å². The first-order chi connectivity index (χ1) is 10.1. The van der Waals surface area contributed by atoms with Gasteiger partial charge in [0, 0.05) is 24.6 Å². The smallest absolute Gasteiger partial charge is 0.241 e. The predicted molar refractivity (Wildman–Crippen MR) is 73.0 cm³/mol. The van der Waals surface area contributed by atoms with E-state index < -0.39 is 11.7 Å². The van der Waals surface area contributed by atoms with Crippen LogP contribution in [0.5, 0.6) is 0 Å². The van der Waals surface area contributed by atoms with Gasteiger partial charge >= 0.3 is 0 Å². The number of carbonyl (C=O) groups excluding carboxylic acids is 2. The maximum atomic E-state index is 13.3. The molecule has 2 heterocycles. The molecule has 21 heavy (non-hydrogen) atoms. The van der Waals surface area contributed by atoms with Crippen molar-refractivity contribution in [1.82, 2.24) is 15.1 Å². The fourth-order valence-electron chi connectivity index (χ4n) is 2.31. The van der Waals surface area contributed by atoms with Crippen LogP contribution in [0.2, 0.25) is 0 Å². The first kappa shape index (κ1) is 13.3. The molecule has 0 bridgehead atoms. The highest BCUT2D eigenvalue weighted by Crippen LogP contribution is 2.32. The second-order valence-corrected chi connectivity index (χ2v) is 4.78. The van der Waals surface area contributed by atoms with Crippen molar-refractivity contribution in [2.45, 2.75) is 12.5 Å². The third kappa shape index (κ3) is 2.76. The van der Waals surface area contributed by atoms with Crippen molar-refractivity contribution >= 4 is 17.5 Å². The summed E-state index contributed by atoms with van der Waals surface area (Å²) in [6.45, 7) is 0.208. The van der Waals surface area contributed by atoms with Crippen molar-refractivity contribution in [2.75, 3.05) is 11.9 Å². The quantitative estimate of drug-likeness (QED) is 0.876. The Morgan fingerprint density at radius 2 is 2.33 bits per heavy atom. The number of hydrogen-bond acceptors (Lipinski definition) is 3. The van der Waals surface area contributed by atoms with Crippen LogP contribution in [0.15, 0.2) is 36.7 Å². The topological polar surface area (TPSA) is 76.0 Å². The van der Waals surface area contributed by atoms with Gasteiger partial charge in [0.25, 0.3) is 0 Å². The molecule has 0 spiro atoms. The molecule has 3 rings (SSSR count). The molecule has 1 atom stereocenters. The summed E-state index contributed by atoms with van der Waals surface area (Å²) >= 11 is 0. The van der Waals surface area contributed by atoms with Crippen molar-refractivity contribution in [3.05, 3.63) is 48.0 Å². The Kier molecular flexibility index (Phi) is 3.39. The molecule has 108 valence electrons. The molecule has 0 saturated heterocycles. The predicted octanol–water partition coefficient (Wildman–Crippen LogP) is 0.874. The van der Waals surface area contributed by atoms with E-state index in [4.69, 9.17) is 0 Å². The number of benzene rings is 1. The van der Waals surface area contributed by atoms with Crippen LogP contribution in [-0.2, 0) is 16.1 Å². The summed E-state index contributed by atoms with van der Waals surface area (Å²) in [6.07, 6.45) is 3.25. The van der Waals surface area contributed by atoms with Gasteiger partial charge in [0.15, 0.2) is 0 Å². The number of carbonyl (C=O) groups is 2. The first-order valence-electron chi connectivity index (χ1n) is 6.48. The third-order valence-corrected chi connectivity index (χ3v) is 3.33. The number of halogens is 1. The van der Waals surface area contributed by atoms with Gasteiger partial charge < -0.3 is 10.6 Å². The van der Waals surface area contributed by atoms with Crippen molar-refractivity contribution in [3.63, 3.8) is 0 Å². The Hall–Kier alpha value is -2.70. The Morgan fingerprint density at radius 1 is 1.48 bits per heavy atom. The molecular weight excluding hydrogens is 275 g/mol. The SMILES string of the molecule is O=C(Cn1cccn1)NC[C@H]1C(=O)Nc2ccc(F)cc21. The molecule has 0 aliphatic carbocycles. The molecule has 6 nitrogen and oxygen atoms in total. The Bertz CT molecular complexity index is 684. The largest absolute Gasteiger partial charge is 0.353 e. The molecule has 7 heteroatoms. The van der Waals surface area contributed by atoms with Gasteiger partial charge in [-0.2, -0.15) is 5.10 Å². The first-order valence-corrected chi connectivity index (χ1v) is 6.48. The number of rotatable bonds is 4. The van der Waals surface area contributed by atoms with Gasteiger partial charge in [-0.25, -0.2) is 4.39 Å². The van der Waals surface area contributed by atoms with Crippen LogP contribution in [0.25, 0.3) is 0 Å². The molecule has 2 N–H and O–H groups in total. The van der Waals surface area contributed by atoms with E-state index >= 15 is 0 Å². The fraction of sp³-hybridized carbons (Fsp3) is 0.214. The number of anilines is 1. The van der Waals surface area contributed by atoms with Crippen LogP contribution in [0.3, 0.4) is 0 Å². The van der Waals surface area contributed by atoms with E-state index in [2.05, 4.69) is 15.7 Å². The number of fused-ring (bicyclic) bond motifs is 1. The number of amides is 2. The van der Waals surface area contributed by atoms with Crippen LogP contribution < -0.4 is 10.6 Å². The molecule has 1 aromatic carbocycles. The highest BCUT2D eigenvalue weighted by Gasteiger charge is 2.31. The van der Waals surface area contributed by atoms with Crippen LogP contribution >= 0.6 is 0 Å². The molecule has 0 saturated carbocycles. The van der Waals surface area contributed by atoms with E-state index in [9.17, 15) is 14.0 Å². The monoisotopic (exact) mass is 288 g/mol. The number of hydrogen-bond donors (Lipinski definition) is 2. The molecule has 0 radical (unpaired) electrons. The third-order valence-electron chi connectivity index (χ3n) is 3.33. The minimum Gasteiger partial charge on any atom is -0.353 e. The number of aromatic nitrogens is 2. The molecule has 1 aliphatic rings. The van der Waals surface area contributed by atoms with Crippen molar-refractivity contribution in [1.29, 1.82) is 0 Å². The highest BCUT2D eigenvalue weighted by atomic mass is 19.1. The number of nitrogens with one attached hydrogen (secondary N) is 2. The maximum Gasteiger partial charge on any atom is 0.241 e. The Balaban J connectivity index is 1.64. The van der Waals surface area contributed by atoms with Crippen molar-refractivity contribution in [3.8, 4) is 0 Å². The average molecular weight is 288 g/mol. The lowest BCUT2D eigenvalue weighted by atomic mass is 10.0. The van der Waals surface area contributed by atoms with E-state index in [1.807, 2.05) is 0 Å². The normalized spacial score (nSPS) is 16.4. The zero-order valence-corrected chi connectivity index (χ0v) is 11.0. The Labute approximate surface area is 120 Å². The van der Waals surface area contributed by atoms with E-state index in [0.29, 0.717) is 11.3 Å². The van der Waals surface area contributed by atoms with Gasteiger partial charge in [-0.1, -0.05) is 0 Å². The fourth-order valence-corrected chi connectivity index (χ4v) is 2.31. The summed E-state index contributed by atoms with van der Waals surface area (Å²) in [5.41, 5.74) is 1.16. The second-order valence-electron chi connectivity index (χ2n) is 4.78. The molecule has 0 fully saturated rings. The molecule has 1 aromatic heterocycles. The van der Waals surface area contributed by atoms with Gasteiger partial charge in [0.2, 0.25) is 11.8 Å². The van der Waals surface area contributed by atoms with Crippen LogP contribution in [0.1, 0.15) is 11.5 Å². The summed E-state index contributed by atoms with van der Waals surface area (Å²) < 4.78 is 14.8. The minimum absolute atomic E-state index is 0.0807. The maximum absolute atomic E-state index is 13.3. The van der Waals surface area contributed by atoms with Crippen LogP contribution in [-0.4, -0.2) is 28.1 Å². The van der Waals surface area contributed by atoms with E-state index in [-0.39, 0.29) is 24.9 Å². The molecular formula is C14H13FN4O2. The van der Waals surface area contributed by atoms with Gasteiger partial charge in [-0.15, -0.1) is 0 Å². The molecule has 1 aliphatic heterocycles. The van der Waals surface area contributed by atoms with E-state index in [1.165, 1.54) is 22.9 Å². The van der Waals surface area contributed by atoms with Gasteiger partial charge in [-0.05, 0) is 29.8 Å². The lowest BCUT2D eigenvalue weighted by molar-refractivity contribution is -0.122. The Morgan fingerprint density at radius 3 is 3.10 bits per heavy atom. The number of nitrogens with zero attached hydrogens (tertiary/aromatic N) is 2. The summed E-state index contributed by atoms with van der Waals surface area (Å²) in [5.74, 6) is -1.47. The van der Waals surface area contributed by atoms with Crippen LogP contribution in [0, 0.1) is 5.82 Å². The average Bonchev–Trinajstić information content (AvgIpc) is 3.04. The zero-order valence-electron chi connectivity index (χ0n) is 11.0. The summed E-state index contributed by atoms with van der Waals surface area (Å²) in [4.78, 5) is 23.6. The zero-order chi connectivity index (χ0) is 14.8. The molecule has 2 amide bonds. The summed E-state index contributed by atoms with van der Waals surface area (Å²) in [5, 5.41) is 9.27. The summed E-state index contributed by atoms with van der Waals surface area (Å²) in [7, 11) is 0. The summed E-state index contributed by atoms with van der Waals surface area (Å²) in [6, 6.07) is 5.85. The van der Waals surface area contributed by atoms with Crippen molar-refractivity contribution in [2.24, 2.45) is 0 Å². The molecule has 0 unspecified atom stereocenters. The minimum atomic E-state index is -0.572. The van der Waals surface area contributed by atoms with Gasteiger partial charge in [-0.3, -0.25) is 14.3 Å². The lowest BCUT2D eigenvalue weighted by Crippen LogP contribution is -2.33. The van der Waals surface area contributed by atoms with Gasteiger partial charge in [0.05, 0.1) is 5.92 Å². The second kappa shape index (κ2) is 5.35.